The molecule has 2 aliphatic heterocycles. The van der Waals surface area contributed by atoms with Crippen molar-refractivity contribution in [3.8, 4) is 0 Å². The highest BCUT2D eigenvalue weighted by atomic mass is 32.1. The number of piperidine rings is 1. The van der Waals surface area contributed by atoms with E-state index >= 15 is 0 Å². The molecule has 3 aliphatic rings. The van der Waals surface area contributed by atoms with E-state index in [1.54, 1.807) is 23.5 Å². The predicted octanol–water partition coefficient (Wildman–Crippen LogP) is 4.27. The third-order valence-corrected chi connectivity index (χ3v) is 8.43. The van der Waals surface area contributed by atoms with Crippen molar-refractivity contribution < 1.29 is 14.0 Å². The summed E-state index contributed by atoms with van der Waals surface area (Å²) in [4.78, 5) is 35.8. The number of nitrogens with zero attached hydrogens (tertiary/aromatic N) is 3. The fraction of sp³-hybridized carbons (Fsp3) is 0.542. The summed E-state index contributed by atoms with van der Waals surface area (Å²) in [5, 5.41) is 0. The van der Waals surface area contributed by atoms with Gasteiger partial charge >= 0.3 is 0 Å². The maximum absolute atomic E-state index is 13.4. The molecule has 7 heteroatoms. The lowest BCUT2D eigenvalue weighted by Gasteiger charge is -2.58. The second-order valence-corrected chi connectivity index (χ2v) is 10.1. The van der Waals surface area contributed by atoms with Gasteiger partial charge in [-0.3, -0.25) is 9.59 Å². The van der Waals surface area contributed by atoms with Crippen LogP contribution in [0.1, 0.15) is 60.7 Å². The standard InChI is InChI=1S/C24H28FN3O2S/c1-16-21(31-15-26-16)22-24(9-2-3-10-24)23(30)28(22)19-7-11-27(12-8-19)20(29)14-17-5-4-6-18(25)13-17/h4-6,13,15,19,22H,2-3,7-12,14H2,1H3. The Morgan fingerprint density at radius 2 is 2.00 bits per heavy atom. The lowest BCUT2D eigenvalue weighted by Crippen LogP contribution is -2.66. The molecule has 0 bridgehead atoms. The minimum Gasteiger partial charge on any atom is -0.342 e. The van der Waals surface area contributed by atoms with Gasteiger partial charge in [-0.1, -0.05) is 25.0 Å². The molecule has 1 aliphatic carbocycles. The van der Waals surface area contributed by atoms with Crippen LogP contribution in [0.5, 0.6) is 0 Å². The third kappa shape index (κ3) is 3.47. The van der Waals surface area contributed by atoms with E-state index in [4.69, 9.17) is 0 Å². The highest BCUT2D eigenvalue weighted by molar-refractivity contribution is 7.09. The Balaban J connectivity index is 1.27. The topological polar surface area (TPSA) is 53.5 Å². The number of hydrogen-bond acceptors (Lipinski definition) is 4. The minimum absolute atomic E-state index is 0.0288. The van der Waals surface area contributed by atoms with E-state index in [2.05, 4.69) is 9.88 Å². The molecule has 2 saturated heterocycles. The van der Waals surface area contributed by atoms with Crippen LogP contribution in [0.25, 0.3) is 0 Å². The van der Waals surface area contributed by atoms with Crippen LogP contribution in [-0.4, -0.2) is 45.7 Å². The van der Waals surface area contributed by atoms with Crippen LogP contribution in [0.4, 0.5) is 4.39 Å². The number of likely N-dealkylation sites (tertiary alicyclic amines) is 2. The predicted molar refractivity (Wildman–Crippen MR) is 117 cm³/mol. The first kappa shape index (κ1) is 20.6. The first-order valence-corrected chi connectivity index (χ1v) is 12.1. The molecule has 1 saturated carbocycles. The second kappa shape index (κ2) is 8.01. The van der Waals surface area contributed by atoms with Crippen molar-refractivity contribution in [2.45, 2.75) is 64.0 Å². The monoisotopic (exact) mass is 441 g/mol. The molecule has 164 valence electrons. The van der Waals surface area contributed by atoms with Gasteiger partial charge in [0.1, 0.15) is 5.82 Å². The van der Waals surface area contributed by atoms with Crippen molar-refractivity contribution >= 4 is 23.2 Å². The van der Waals surface area contributed by atoms with Crippen LogP contribution >= 0.6 is 11.3 Å². The molecule has 1 aromatic carbocycles. The van der Waals surface area contributed by atoms with E-state index < -0.39 is 0 Å². The van der Waals surface area contributed by atoms with Crippen LogP contribution in [0.15, 0.2) is 29.8 Å². The van der Waals surface area contributed by atoms with Crippen LogP contribution in [-0.2, 0) is 16.0 Å². The van der Waals surface area contributed by atoms with Gasteiger partial charge in [0.25, 0.3) is 0 Å². The van der Waals surface area contributed by atoms with E-state index in [1.165, 1.54) is 17.0 Å². The van der Waals surface area contributed by atoms with E-state index in [0.717, 1.165) is 44.2 Å². The molecule has 3 fully saturated rings. The molecular weight excluding hydrogens is 413 g/mol. The molecule has 0 radical (unpaired) electrons. The van der Waals surface area contributed by atoms with Crippen LogP contribution in [0, 0.1) is 18.2 Å². The molecule has 0 N–H and O–H groups in total. The number of amides is 2. The number of thiazole rings is 1. The van der Waals surface area contributed by atoms with Gasteiger partial charge < -0.3 is 9.80 Å². The fourth-order valence-corrected chi connectivity index (χ4v) is 6.85. The summed E-state index contributed by atoms with van der Waals surface area (Å²) in [6, 6.07) is 6.56. The van der Waals surface area contributed by atoms with Gasteiger partial charge in [0.15, 0.2) is 0 Å². The number of carbonyl (C=O) groups is 2. The Morgan fingerprint density at radius 1 is 1.26 bits per heavy atom. The number of halogens is 1. The Labute approximate surface area is 186 Å². The van der Waals surface area contributed by atoms with Crippen LogP contribution in [0.3, 0.4) is 0 Å². The summed E-state index contributed by atoms with van der Waals surface area (Å²) in [5.74, 6) is 0.0268. The summed E-state index contributed by atoms with van der Waals surface area (Å²) in [6.45, 7) is 3.33. The maximum atomic E-state index is 13.4. The lowest BCUT2D eigenvalue weighted by molar-refractivity contribution is -0.180. The van der Waals surface area contributed by atoms with Crippen LogP contribution in [0.2, 0.25) is 0 Å². The third-order valence-electron chi connectivity index (χ3n) is 7.44. The SMILES string of the molecule is Cc1ncsc1C1N(C2CCN(C(=O)Cc3cccc(F)c3)CC2)C(=O)C12CCCC2. The summed E-state index contributed by atoms with van der Waals surface area (Å²) >= 11 is 1.67. The second-order valence-electron chi connectivity index (χ2n) is 9.20. The van der Waals surface area contributed by atoms with E-state index in [1.807, 2.05) is 17.3 Å². The zero-order valence-corrected chi connectivity index (χ0v) is 18.7. The van der Waals surface area contributed by atoms with Crippen molar-refractivity contribution in [3.05, 3.63) is 51.7 Å². The Morgan fingerprint density at radius 3 is 2.65 bits per heavy atom. The largest absolute Gasteiger partial charge is 0.342 e. The van der Waals surface area contributed by atoms with Gasteiger partial charge in [0, 0.05) is 19.1 Å². The highest BCUT2D eigenvalue weighted by Crippen LogP contribution is 2.61. The summed E-state index contributed by atoms with van der Waals surface area (Å²) in [6.07, 6.45) is 6.03. The average Bonchev–Trinajstić information content (AvgIpc) is 3.42. The zero-order valence-electron chi connectivity index (χ0n) is 17.8. The number of rotatable bonds is 4. The van der Waals surface area contributed by atoms with Crippen LogP contribution < -0.4 is 0 Å². The number of aryl methyl sites for hydroxylation is 1. The summed E-state index contributed by atoms with van der Waals surface area (Å²) in [5.41, 5.74) is 3.42. The van der Waals surface area contributed by atoms with Crippen molar-refractivity contribution in [1.29, 1.82) is 0 Å². The number of carbonyl (C=O) groups excluding carboxylic acids is 2. The molecule has 5 rings (SSSR count). The molecule has 1 atom stereocenters. The molecule has 2 aromatic rings. The normalized spacial score (nSPS) is 23.4. The van der Waals surface area contributed by atoms with Gasteiger partial charge in [0.2, 0.25) is 11.8 Å². The number of benzene rings is 1. The van der Waals surface area contributed by atoms with Crippen molar-refractivity contribution in [3.63, 3.8) is 0 Å². The van der Waals surface area contributed by atoms with E-state index in [0.29, 0.717) is 24.6 Å². The van der Waals surface area contributed by atoms with Gasteiger partial charge in [-0.25, -0.2) is 9.37 Å². The number of β-lactam (4-membered cyclic amide) rings is 1. The van der Waals surface area contributed by atoms with Gasteiger partial charge in [0.05, 0.1) is 34.0 Å². The van der Waals surface area contributed by atoms with Gasteiger partial charge in [-0.15, -0.1) is 11.3 Å². The first-order chi connectivity index (χ1) is 15.0. The van der Waals surface area contributed by atoms with Crippen molar-refractivity contribution in [1.82, 2.24) is 14.8 Å². The Hall–Kier alpha value is -2.28. The zero-order chi connectivity index (χ0) is 21.6. The van der Waals surface area contributed by atoms with Crippen molar-refractivity contribution in [2.24, 2.45) is 5.41 Å². The number of aromatic nitrogens is 1. The number of hydrogen-bond donors (Lipinski definition) is 0. The molecule has 5 nitrogen and oxygen atoms in total. The minimum atomic E-state index is -0.314. The van der Waals surface area contributed by atoms with E-state index in [-0.39, 0.29) is 35.6 Å². The molecule has 1 aromatic heterocycles. The summed E-state index contributed by atoms with van der Waals surface area (Å²) in [7, 11) is 0. The van der Waals surface area contributed by atoms with Gasteiger partial charge in [-0.2, -0.15) is 0 Å². The van der Waals surface area contributed by atoms with Gasteiger partial charge in [-0.05, 0) is 50.3 Å². The Bertz CT molecular complexity index is 992. The summed E-state index contributed by atoms with van der Waals surface area (Å²) < 4.78 is 13.4. The highest BCUT2D eigenvalue weighted by Gasteiger charge is 2.64. The first-order valence-electron chi connectivity index (χ1n) is 11.2. The quantitative estimate of drug-likeness (QED) is 0.666. The molecule has 3 heterocycles. The lowest BCUT2D eigenvalue weighted by atomic mass is 9.67. The smallest absolute Gasteiger partial charge is 0.232 e. The molecule has 1 unspecified atom stereocenters. The molecule has 31 heavy (non-hydrogen) atoms. The Kier molecular flexibility index (Phi) is 5.32. The molecule has 1 spiro atoms. The van der Waals surface area contributed by atoms with E-state index in [9.17, 15) is 14.0 Å². The molecule has 2 amide bonds. The molecular formula is C24H28FN3O2S. The average molecular weight is 442 g/mol. The van der Waals surface area contributed by atoms with Crippen molar-refractivity contribution in [2.75, 3.05) is 13.1 Å². The maximum Gasteiger partial charge on any atom is 0.232 e. The fourth-order valence-electron chi connectivity index (χ4n) is 5.84.